The number of rotatable bonds is 0. The van der Waals surface area contributed by atoms with Crippen molar-refractivity contribution in [2.75, 3.05) is 16.4 Å². The van der Waals surface area contributed by atoms with Gasteiger partial charge in [0.1, 0.15) is 0 Å². The quantitative estimate of drug-likeness (QED) is 0.504. The first-order valence-corrected chi connectivity index (χ1v) is 3.69. The molecular weight excluding hydrogens is 168 g/mol. The molecule has 0 saturated carbocycles. The maximum absolute atomic E-state index is 11.1. The Hall–Kier alpha value is -2.04. The summed E-state index contributed by atoms with van der Waals surface area (Å²) in [5.74, 6) is -0.264. The summed E-state index contributed by atoms with van der Waals surface area (Å²) in [6, 6.07) is 0. The molecule has 1 aliphatic heterocycles. The molecule has 0 saturated heterocycles. The molecule has 0 spiro atoms. The van der Waals surface area contributed by atoms with E-state index in [4.69, 9.17) is 5.73 Å². The lowest BCUT2D eigenvalue weighted by Gasteiger charge is -2.20. The Morgan fingerprint density at radius 3 is 2.92 bits per heavy atom. The molecule has 1 aliphatic rings. The first-order chi connectivity index (χ1) is 6.18. The van der Waals surface area contributed by atoms with Crippen LogP contribution in [-0.2, 0) is 4.79 Å². The highest BCUT2D eigenvalue weighted by Crippen LogP contribution is 2.31. The van der Waals surface area contributed by atoms with E-state index in [0.717, 1.165) is 0 Å². The van der Waals surface area contributed by atoms with Crippen LogP contribution in [0.2, 0.25) is 0 Å². The highest BCUT2D eigenvalue weighted by atomic mass is 16.2. The maximum atomic E-state index is 11.1. The van der Waals surface area contributed by atoms with Crippen LogP contribution in [0.4, 0.5) is 17.1 Å². The summed E-state index contributed by atoms with van der Waals surface area (Å²) in [6.07, 6.45) is 3.04. The second-order valence-electron chi connectivity index (χ2n) is 2.71. The van der Waals surface area contributed by atoms with E-state index >= 15 is 0 Å². The number of nitrogens with zero attached hydrogens (tertiary/aromatic N) is 1. The summed E-state index contributed by atoms with van der Waals surface area (Å²) in [5.41, 5.74) is 7.63. The van der Waals surface area contributed by atoms with Crippen LogP contribution >= 0.6 is 0 Å². The van der Waals surface area contributed by atoms with Crippen LogP contribution in [-0.4, -0.2) is 10.9 Å². The van der Waals surface area contributed by atoms with E-state index in [-0.39, 0.29) is 11.6 Å². The predicted octanol–water partition coefficient (Wildman–Crippen LogP) is 0.541. The zero-order chi connectivity index (χ0) is 9.42. The van der Waals surface area contributed by atoms with Crippen LogP contribution in [0.3, 0.4) is 0 Å². The van der Waals surface area contributed by atoms with E-state index in [9.17, 15) is 4.79 Å². The molecule has 5 nitrogen and oxygen atoms in total. The average Bonchev–Trinajstić information content (AvgIpc) is 2.09. The normalized spacial score (nSPS) is 14.5. The van der Waals surface area contributed by atoms with Crippen molar-refractivity contribution < 1.29 is 4.79 Å². The Bertz CT molecular complexity index is 399. The van der Waals surface area contributed by atoms with Crippen molar-refractivity contribution in [3.05, 3.63) is 24.7 Å². The molecule has 0 unspecified atom stereocenters. The summed E-state index contributed by atoms with van der Waals surface area (Å²) in [7, 11) is 0. The lowest BCUT2D eigenvalue weighted by molar-refractivity contribution is -0.112. The van der Waals surface area contributed by atoms with Crippen LogP contribution in [0, 0.1) is 0 Å². The highest BCUT2D eigenvalue weighted by Gasteiger charge is 2.19. The molecule has 4 N–H and O–H groups in total. The molecule has 1 aromatic heterocycles. The number of fused-ring (bicyclic) bond motifs is 1. The molecule has 0 bridgehead atoms. The Balaban J connectivity index is 2.54. The maximum Gasteiger partial charge on any atom is 0.271 e. The monoisotopic (exact) mass is 176 g/mol. The van der Waals surface area contributed by atoms with Crippen molar-refractivity contribution in [2.45, 2.75) is 0 Å². The van der Waals surface area contributed by atoms with E-state index in [1.807, 2.05) is 0 Å². The standard InChI is InChI=1S/C8H8N4O/c1-4-8(13)12-6-3-10-2-5(9)7(6)11-4/h2-3,11H,1,9H2,(H,12,13). The zero-order valence-corrected chi connectivity index (χ0v) is 6.79. The Labute approximate surface area is 74.7 Å². The van der Waals surface area contributed by atoms with Gasteiger partial charge in [-0.3, -0.25) is 9.78 Å². The fourth-order valence-corrected chi connectivity index (χ4v) is 1.12. The number of hydrogen-bond donors (Lipinski definition) is 3. The van der Waals surface area contributed by atoms with Gasteiger partial charge in [-0.2, -0.15) is 0 Å². The fraction of sp³-hybridized carbons (Fsp3) is 0. The third-order valence-electron chi connectivity index (χ3n) is 1.77. The van der Waals surface area contributed by atoms with Crippen molar-refractivity contribution in [3.8, 4) is 0 Å². The molecule has 5 heteroatoms. The molecule has 0 aliphatic carbocycles. The van der Waals surface area contributed by atoms with Gasteiger partial charge in [-0.15, -0.1) is 0 Å². The minimum absolute atomic E-state index is 0.264. The lowest BCUT2D eigenvalue weighted by atomic mass is 10.2. The topological polar surface area (TPSA) is 80.0 Å². The highest BCUT2D eigenvalue weighted by molar-refractivity contribution is 6.12. The van der Waals surface area contributed by atoms with E-state index in [2.05, 4.69) is 22.2 Å². The molecule has 0 aromatic carbocycles. The number of carbonyl (C=O) groups excluding carboxylic acids is 1. The summed E-state index contributed by atoms with van der Waals surface area (Å²) < 4.78 is 0. The van der Waals surface area contributed by atoms with Gasteiger partial charge in [-0.05, 0) is 0 Å². The number of nitrogen functional groups attached to an aromatic ring is 1. The van der Waals surface area contributed by atoms with Crippen LogP contribution in [0.15, 0.2) is 24.7 Å². The number of nitrogens with two attached hydrogens (primary N) is 1. The fourth-order valence-electron chi connectivity index (χ4n) is 1.12. The third kappa shape index (κ3) is 1.10. The van der Waals surface area contributed by atoms with Crippen molar-refractivity contribution in [1.29, 1.82) is 0 Å². The number of aromatic nitrogens is 1. The van der Waals surface area contributed by atoms with Gasteiger partial charge in [0.2, 0.25) is 0 Å². The summed E-state index contributed by atoms with van der Waals surface area (Å²) >= 11 is 0. The van der Waals surface area contributed by atoms with E-state index in [1.54, 1.807) is 0 Å². The van der Waals surface area contributed by atoms with Gasteiger partial charge in [0.05, 0.1) is 35.2 Å². The molecule has 13 heavy (non-hydrogen) atoms. The van der Waals surface area contributed by atoms with Crippen molar-refractivity contribution in [3.63, 3.8) is 0 Å². The van der Waals surface area contributed by atoms with Gasteiger partial charge in [0.25, 0.3) is 5.91 Å². The largest absolute Gasteiger partial charge is 0.396 e. The molecule has 0 radical (unpaired) electrons. The van der Waals surface area contributed by atoms with Gasteiger partial charge in [-0.1, -0.05) is 6.58 Å². The molecule has 66 valence electrons. The van der Waals surface area contributed by atoms with Gasteiger partial charge in [0, 0.05) is 0 Å². The molecule has 0 fully saturated rings. The number of hydrogen-bond acceptors (Lipinski definition) is 4. The van der Waals surface area contributed by atoms with Crippen LogP contribution < -0.4 is 16.4 Å². The minimum atomic E-state index is -0.264. The summed E-state index contributed by atoms with van der Waals surface area (Å²) in [5, 5.41) is 5.41. The molecule has 2 rings (SSSR count). The van der Waals surface area contributed by atoms with E-state index < -0.39 is 0 Å². The minimum Gasteiger partial charge on any atom is -0.396 e. The lowest BCUT2D eigenvalue weighted by Crippen LogP contribution is -2.25. The Morgan fingerprint density at radius 2 is 2.15 bits per heavy atom. The van der Waals surface area contributed by atoms with Gasteiger partial charge >= 0.3 is 0 Å². The number of carbonyl (C=O) groups is 1. The zero-order valence-electron chi connectivity index (χ0n) is 6.79. The van der Waals surface area contributed by atoms with Crippen molar-refractivity contribution >= 4 is 23.0 Å². The van der Waals surface area contributed by atoms with E-state index in [1.165, 1.54) is 12.4 Å². The molecule has 1 amide bonds. The van der Waals surface area contributed by atoms with Gasteiger partial charge in [-0.25, -0.2) is 0 Å². The number of pyridine rings is 1. The summed E-state index contributed by atoms with van der Waals surface area (Å²) in [4.78, 5) is 15.0. The Kier molecular flexibility index (Phi) is 1.45. The smallest absolute Gasteiger partial charge is 0.271 e. The third-order valence-corrected chi connectivity index (χ3v) is 1.77. The second-order valence-corrected chi connectivity index (χ2v) is 2.71. The van der Waals surface area contributed by atoms with Crippen LogP contribution in [0.5, 0.6) is 0 Å². The molecule has 0 atom stereocenters. The number of amides is 1. The van der Waals surface area contributed by atoms with Crippen LogP contribution in [0.25, 0.3) is 0 Å². The Morgan fingerprint density at radius 1 is 1.38 bits per heavy atom. The first kappa shape index (κ1) is 7.60. The van der Waals surface area contributed by atoms with Gasteiger partial charge < -0.3 is 16.4 Å². The number of nitrogens with one attached hydrogen (secondary N) is 2. The molecular formula is C8H8N4O. The number of anilines is 3. The second kappa shape index (κ2) is 2.48. The first-order valence-electron chi connectivity index (χ1n) is 3.69. The summed E-state index contributed by atoms with van der Waals surface area (Å²) in [6.45, 7) is 3.54. The van der Waals surface area contributed by atoms with Crippen LogP contribution in [0.1, 0.15) is 0 Å². The van der Waals surface area contributed by atoms with Crippen molar-refractivity contribution in [2.24, 2.45) is 0 Å². The van der Waals surface area contributed by atoms with Gasteiger partial charge in [0.15, 0.2) is 0 Å². The van der Waals surface area contributed by atoms with E-state index in [0.29, 0.717) is 17.1 Å². The average molecular weight is 176 g/mol. The molecule has 2 heterocycles. The SMILES string of the molecule is C=C1Nc2c(N)cncc2NC1=O. The predicted molar refractivity (Wildman–Crippen MR) is 50.0 cm³/mol. The van der Waals surface area contributed by atoms with Crippen molar-refractivity contribution in [1.82, 2.24) is 4.98 Å². The molecule has 1 aromatic rings.